The first kappa shape index (κ1) is 12.3. The Kier molecular flexibility index (Phi) is 3.10. The Balaban J connectivity index is 2.00. The normalized spacial score (nSPS) is 19.2. The predicted molar refractivity (Wildman–Crippen MR) is 76.2 cm³/mol. The van der Waals surface area contributed by atoms with Crippen LogP contribution in [-0.4, -0.2) is 33.6 Å². The average Bonchev–Trinajstić information content (AvgIpc) is 3.03. The number of hydrogen-bond acceptors (Lipinski definition) is 5. The van der Waals surface area contributed by atoms with Crippen molar-refractivity contribution in [3.8, 4) is 0 Å². The molecule has 2 N–H and O–H groups in total. The molecule has 5 nitrogen and oxygen atoms in total. The third-order valence-corrected chi connectivity index (χ3v) is 4.82. The van der Waals surface area contributed by atoms with Gasteiger partial charge >= 0.3 is 0 Å². The molecule has 1 atom stereocenters. The summed E-state index contributed by atoms with van der Waals surface area (Å²) in [7, 11) is 0. The van der Waals surface area contributed by atoms with Crippen LogP contribution in [0.25, 0.3) is 10.2 Å². The number of fused-ring (bicyclic) bond motifs is 1. The van der Waals surface area contributed by atoms with Crippen LogP contribution in [0.3, 0.4) is 0 Å². The van der Waals surface area contributed by atoms with Crippen molar-refractivity contribution in [3.63, 3.8) is 0 Å². The highest BCUT2D eigenvalue weighted by Gasteiger charge is 2.30. The van der Waals surface area contributed by atoms with E-state index in [-0.39, 0.29) is 5.91 Å². The molecule has 1 saturated heterocycles. The smallest absolute Gasteiger partial charge is 0.266 e. The monoisotopic (exact) mass is 276 g/mol. The van der Waals surface area contributed by atoms with E-state index in [0.29, 0.717) is 16.6 Å². The molecule has 2 aromatic heterocycles. The van der Waals surface area contributed by atoms with Crippen molar-refractivity contribution in [1.29, 1.82) is 0 Å². The van der Waals surface area contributed by atoms with Gasteiger partial charge in [-0.25, -0.2) is 0 Å². The molecule has 1 fully saturated rings. The summed E-state index contributed by atoms with van der Waals surface area (Å²) in [6.45, 7) is 2.95. The second-order valence-corrected chi connectivity index (χ2v) is 5.80. The maximum absolute atomic E-state index is 12.6. The average molecular weight is 276 g/mol. The van der Waals surface area contributed by atoms with Gasteiger partial charge in [0.2, 0.25) is 0 Å². The summed E-state index contributed by atoms with van der Waals surface area (Å²) < 4.78 is 0. The van der Waals surface area contributed by atoms with Crippen molar-refractivity contribution in [2.45, 2.75) is 32.2 Å². The third-order valence-electron chi connectivity index (χ3n) is 3.72. The van der Waals surface area contributed by atoms with E-state index in [1.807, 2.05) is 11.0 Å². The molecule has 0 radical (unpaired) electrons. The molecule has 19 heavy (non-hydrogen) atoms. The van der Waals surface area contributed by atoms with E-state index in [0.717, 1.165) is 36.0 Å². The number of nitrogens with zero attached hydrogens (tertiary/aromatic N) is 3. The summed E-state index contributed by atoms with van der Waals surface area (Å²) in [5.41, 5.74) is 6.63. The molecular weight excluding hydrogens is 260 g/mol. The maximum atomic E-state index is 12.6. The van der Waals surface area contributed by atoms with Gasteiger partial charge in [-0.15, -0.1) is 16.4 Å². The van der Waals surface area contributed by atoms with Crippen molar-refractivity contribution >= 4 is 33.1 Å². The summed E-state index contributed by atoms with van der Waals surface area (Å²) in [6.07, 6.45) is 4.77. The highest BCUT2D eigenvalue weighted by molar-refractivity contribution is 7.21. The molecule has 0 bridgehead atoms. The highest BCUT2D eigenvalue weighted by Crippen LogP contribution is 2.34. The Labute approximate surface area is 115 Å². The van der Waals surface area contributed by atoms with E-state index in [1.54, 1.807) is 6.20 Å². The van der Waals surface area contributed by atoms with E-state index in [4.69, 9.17) is 5.73 Å². The number of nitrogens with two attached hydrogens (primary N) is 1. The van der Waals surface area contributed by atoms with Crippen molar-refractivity contribution < 1.29 is 4.79 Å². The molecule has 0 aromatic carbocycles. The number of rotatable bonds is 2. The van der Waals surface area contributed by atoms with Gasteiger partial charge in [0.15, 0.2) is 0 Å². The molecule has 3 heterocycles. The third kappa shape index (κ3) is 1.96. The summed E-state index contributed by atoms with van der Waals surface area (Å²) in [5, 5.41) is 8.69. The zero-order valence-corrected chi connectivity index (χ0v) is 11.6. The number of nitrogen functional groups attached to an aromatic ring is 1. The van der Waals surface area contributed by atoms with E-state index in [2.05, 4.69) is 17.1 Å². The maximum Gasteiger partial charge on any atom is 0.266 e. The standard InChI is InChI=1S/C13H16N4OS/c1-2-8-4-3-7-17(8)13(18)11-10(14)9-5-6-15-16-12(9)19-11/h5-6,8H,2-4,7,14H2,1H3. The molecule has 2 aromatic rings. The molecule has 0 saturated carbocycles. The van der Waals surface area contributed by atoms with Gasteiger partial charge < -0.3 is 10.6 Å². The number of amides is 1. The van der Waals surface area contributed by atoms with Crippen LogP contribution in [0.2, 0.25) is 0 Å². The van der Waals surface area contributed by atoms with Gasteiger partial charge in [0.1, 0.15) is 9.71 Å². The number of carbonyl (C=O) groups is 1. The van der Waals surface area contributed by atoms with Crippen molar-refractivity contribution in [1.82, 2.24) is 15.1 Å². The summed E-state index contributed by atoms with van der Waals surface area (Å²) in [4.78, 5) is 15.9. The number of aromatic nitrogens is 2. The second-order valence-electron chi connectivity index (χ2n) is 4.80. The van der Waals surface area contributed by atoms with Crippen LogP contribution in [-0.2, 0) is 0 Å². The van der Waals surface area contributed by atoms with E-state index >= 15 is 0 Å². The van der Waals surface area contributed by atoms with Gasteiger partial charge in [0.05, 0.1) is 11.9 Å². The van der Waals surface area contributed by atoms with Crippen molar-refractivity contribution in [3.05, 3.63) is 17.1 Å². The Morgan fingerprint density at radius 3 is 3.21 bits per heavy atom. The first-order valence-corrected chi connectivity index (χ1v) is 7.34. The number of hydrogen-bond donors (Lipinski definition) is 1. The molecule has 1 unspecified atom stereocenters. The zero-order valence-electron chi connectivity index (χ0n) is 10.8. The van der Waals surface area contributed by atoms with Crippen LogP contribution < -0.4 is 5.73 Å². The largest absolute Gasteiger partial charge is 0.397 e. The van der Waals surface area contributed by atoms with Crippen LogP contribution in [0.15, 0.2) is 12.3 Å². The Morgan fingerprint density at radius 2 is 2.47 bits per heavy atom. The van der Waals surface area contributed by atoms with Gasteiger partial charge in [-0.3, -0.25) is 4.79 Å². The molecule has 6 heteroatoms. The fraction of sp³-hybridized carbons (Fsp3) is 0.462. The number of likely N-dealkylation sites (tertiary alicyclic amines) is 1. The molecule has 0 aliphatic carbocycles. The first-order chi connectivity index (χ1) is 9.22. The van der Waals surface area contributed by atoms with Gasteiger partial charge in [0, 0.05) is 18.0 Å². The molecule has 0 spiro atoms. The van der Waals surface area contributed by atoms with E-state index in [1.165, 1.54) is 11.3 Å². The zero-order chi connectivity index (χ0) is 13.4. The molecular formula is C13H16N4OS. The van der Waals surface area contributed by atoms with Crippen LogP contribution in [0.5, 0.6) is 0 Å². The molecule has 3 rings (SSSR count). The van der Waals surface area contributed by atoms with Crippen LogP contribution in [0.4, 0.5) is 5.69 Å². The SMILES string of the molecule is CCC1CCCN1C(=O)c1sc2nnccc2c1N. The fourth-order valence-corrected chi connectivity index (χ4v) is 3.68. The summed E-state index contributed by atoms with van der Waals surface area (Å²) in [6, 6.07) is 2.16. The molecule has 1 amide bonds. The minimum Gasteiger partial charge on any atom is -0.397 e. The van der Waals surface area contributed by atoms with Crippen LogP contribution in [0.1, 0.15) is 35.9 Å². The lowest BCUT2D eigenvalue weighted by atomic mass is 10.1. The van der Waals surface area contributed by atoms with Crippen LogP contribution in [0, 0.1) is 0 Å². The second kappa shape index (κ2) is 4.77. The molecule has 100 valence electrons. The summed E-state index contributed by atoms with van der Waals surface area (Å²) in [5.74, 6) is 0.0462. The highest BCUT2D eigenvalue weighted by atomic mass is 32.1. The lowest BCUT2D eigenvalue weighted by molar-refractivity contribution is 0.0739. The Bertz CT molecular complexity index is 624. The van der Waals surface area contributed by atoms with E-state index in [9.17, 15) is 4.79 Å². The van der Waals surface area contributed by atoms with E-state index < -0.39 is 0 Å². The Morgan fingerprint density at radius 1 is 1.63 bits per heavy atom. The van der Waals surface area contributed by atoms with Crippen molar-refractivity contribution in [2.75, 3.05) is 12.3 Å². The minimum atomic E-state index is 0.0462. The predicted octanol–water partition coefficient (Wildman–Crippen LogP) is 2.29. The van der Waals surface area contributed by atoms with Crippen molar-refractivity contribution in [2.24, 2.45) is 0 Å². The number of carbonyl (C=O) groups excluding carboxylic acids is 1. The van der Waals surface area contributed by atoms with Gasteiger partial charge in [-0.05, 0) is 25.3 Å². The number of anilines is 1. The minimum absolute atomic E-state index is 0.0462. The van der Waals surface area contributed by atoms with Gasteiger partial charge in [-0.2, -0.15) is 5.10 Å². The lowest BCUT2D eigenvalue weighted by Crippen LogP contribution is -2.34. The van der Waals surface area contributed by atoms with Gasteiger partial charge in [0.25, 0.3) is 5.91 Å². The molecule has 1 aliphatic heterocycles. The van der Waals surface area contributed by atoms with Crippen LogP contribution >= 0.6 is 11.3 Å². The fourth-order valence-electron chi connectivity index (χ4n) is 2.69. The van der Waals surface area contributed by atoms with Gasteiger partial charge in [-0.1, -0.05) is 6.92 Å². The Hall–Kier alpha value is -1.69. The quantitative estimate of drug-likeness (QED) is 0.913. The first-order valence-electron chi connectivity index (χ1n) is 6.53. The molecule has 1 aliphatic rings. The summed E-state index contributed by atoms with van der Waals surface area (Å²) >= 11 is 1.34. The topological polar surface area (TPSA) is 72.1 Å². The number of thiophene rings is 1. The lowest BCUT2D eigenvalue weighted by Gasteiger charge is -2.23.